The largest absolute Gasteiger partial charge is 0.465 e. The lowest BCUT2D eigenvalue weighted by molar-refractivity contribution is 0.0600. The Labute approximate surface area is 167 Å². The minimum absolute atomic E-state index is 0.0503. The van der Waals surface area contributed by atoms with Crippen molar-refractivity contribution in [2.45, 2.75) is 6.92 Å². The molecule has 0 bridgehead atoms. The van der Waals surface area contributed by atoms with E-state index in [4.69, 9.17) is 4.74 Å². The van der Waals surface area contributed by atoms with Crippen molar-refractivity contribution in [2.75, 3.05) is 17.7 Å². The Morgan fingerprint density at radius 3 is 2.38 bits per heavy atom. The maximum atomic E-state index is 12.5. The Kier molecular flexibility index (Phi) is 5.94. The van der Waals surface area contributed by atoms with Crippen molar-refractivity contribution in [2.24, 2.45) is 0 Å². The van der Waals surface area contributed by atoms with Gasteiger partial charge in [-0.25, -0.2) is 14.8 Å². The molecule has 0 aliphatic carbocycles. The zero-order valence-corrected chi connectivity index (χ0v) is 15.8. The number of esters is 1. The summed E-state index contributed by atoms with van der Waals surface area (Å²) in [7, 11) is 1.31. The number of aromatic nitrogens is 2. The quantitative estimate of drug-likeness (QED) is 0.490. The van der Waals surface area contributed by atoms with Crippen LogP contribution in [-0.2, 0) is 4.74 Å². The van der Waals surface area contributed by atoms with Crippen LogP contribution < -0.4 is 10.6 Å². The predicted molar refractivity (Wildman–Crippen MR) is 107 cm³/mol. The maximum Gasteiger partial charge on any atom is 0.337 e. The molecule has 0 spiro atoms. The van der Waals surface area contributed by atoms with Crippen LogP contribution in [0, 0.1) is 0 Å². The summed E-state index contributed by atoms with van der Waals surface area (Å²) >= 11 is 0. The lowest BCUT2D eigenvalue weighted by Crippen LogP contribution is -2.15. The Bertz CT molecular complexity index is 1060. The fourth-order valence-electron chi connectivity index (χ4n) is 2.50. The van der Waals surface area contributed by atoms with Crippen LogP contribution in [0.1, 0.15) is 38.1 Å². The minimum Gasteiger partial charge on any atom is -0.465 e. The third-order valence-electron chi connectivity index (χ3n) is 3.98. The van der Waals surface area contributed by atoms with Crippen LogP contribution in [0.4, 0.5) is 17.3 Å². The van der Waals surface area contributed by atoms with Gasteiger partial charge in [0.25, 0.3) is 5.91 Å². The van der Waals surface area contributed by atoms with Gasteiger partial charge in [-0.15, -0.1) is 0 Å². The Hall–Kier alpha value is -4.07. The number of anilines is 3. The first-order chi connectivity index (χ1) is 14.0. The van der Waals surface area contributed by atoms with Crippen molar-refractivity contribution >= 4 is 35.0 Å². The van der Waals surface area contributed by atoms with Gasteiger partial charge in [0.15, 0.2) is 5.78 Å². The number of methoxy groups -OCH3 is 1. The molecular formula is C21H18N4O4. The third kappa shape index (κ3) is 5.01. The summed E-state index contributed by atoms with van der Waals surface area (Å²) in [4.78, 5) is 43.7. The van der Waals surface area contributed by atoms with Crippen molar-refractivity contribution in [1.82, 2.24) is 9.97 Å². The van der Waals surface area contributed by atoms with Crippen molar-refractivity contribution in [1.29, 1.82) is 0 Å². The summed E-state index contributed by atoms with van der Waals surface area (Å²) in [5, 5.41) is 5.67. The fraction of sp³-hybridized carbons (Fsp3) is 0.0952. The molecule has 0 aliphatic heterocycles. The normalized spacial score (nSPS) is 10.1. The first-order valence-electron chi connectivity index (χ1n) is 8.67. The number of ketones is 1. The zero-order chi connectivity index (χ0) is 20.8. The Balaban J connectivity index is 1.72. The van der Waals surface area contributed by atoms with Gasteiger partial charge in [-0.2, -0.15) is 0 Å². The standard InChI is InChI=1S/C21H18N4O4/c1-13(26)14-6-8-16(9-7-14)23-19(27)18-10-11-22-21(25-18)24-17-5-3-4-15(12-17)20(28)29-2/h3-12H,1-2H3,(H,23,27)(H,22,24,25). The SMILES string of the molecule is COC(=O)c1cccc(Nc2nccc(C(=O)Nc3ccc(C(C)=O)cc3)n2)c1. The highest BCUT2D eigenvalue weighted by molar-refractivity contribution is 6.03. The number of benzene rings is 2. The molecule has 0 atom stereocenters. The van der Waals surface area contributed by atoms with Gasteiger partial charge < -0.3 is 15.4 Å². The van der Waals surface area contributed by atoms with E-state index in [-0.39, 0.29) is 17.4 Å². The van der Waals surface area contributed by atoms with E-state index < -0.39 is 11.9 Å². The van der Waals surface area contributed by atoms with Gasteiger partial charge in [-0.3, -0.25) is 9.59 Å². The van der Waals surface area contributed by atoms with E-state index in [2.05, 4.69) is 20.6 Å². The number of carbonyl (C=O) groups excluding carboxylic acids is 3. The zero-order valence-electron chi connectivity index (χ0n) is 15.8. The molecular weight excluding hydrogens is 372 g/mol. The molecule has 0 saturated carbocycles. The first kappa shape index (κ1) is 19.7. The molecule has 0 fully saturated rings. The molecule has 0 unspecified atom stereocenters. The summed E-state index contributed by atoms with van der Waals surface area (Å²) in [6.45, 7) is 1.48. The molecule has 1 amide bonds. The monoisotopic (exact) mass is 390 g/mol. The van der Waals surface area contributed by atoms with Gasteiger partial charge in [-0.05, 0) is 55.5 Å². The molecule has 0 aliphatic rings. The molecule has 0 saturated heterocycles. The van der Waals surface area contributed by atoms with E-state index in [9.17, 15) is 14.4 Å². The summed E-state index contributed by atoms with van der Waals surface area (Å²) in [6, 6.07) is 14.7. The number of carbonyl (C=O) groups is 3. The van der Waals surface area contributed by atoms with E-state index in [0.717, 1.165) is 0 Å². The molecule has 2 N–H and O–H groups in total. The molecule has 1 heterocycles. The molecule has 1 aromatic heterocycles. The van der Waals surface area contributed by atoms with Crippen LogP contribution in [0.25, 0.3) is 0 Å². The van der Waals surface area contributed by atoms with Crippen molar-refractivity contribution in [3.8, 4) is 0 Å². The molecule has 3 rings (SSSR count). The van der Waals surface area contributed by atoms with Gasteiger partial charge >= 0.3 is 5.97 Å². The number of hydrogen-bond donors (Lipinski definition) is 2. The third-order valence-corrected chi connectivity index (χ3v) is 3.98. The number of ether oxygens (including phenoxy) is 1. The molecule has 2 aromatic carbocycles. The summed E-state index contributed by atoms with van der Waals surface area (Å²) in [5.41, 5.74) is 2.21. The lowest BCUT2D eigenvalue weighted by Gasteiger charge is -2.08. The van der Waals surface area contributed by atoms with E-state index in [1.807, 2.05) is 0 Å². The van der Waals surface area contributed by atoms with Crippen LogP contribution in [0.3, 0.4) is 0 Å². The van der Waals surface area contributed by atoms with Crippen LogP contribution in [-0.4, -0.2) is 34.7 Å². The molecule has 8 heteroatoms. The van der Waals surface area contributed by atoms with Crippen molar-refractivity contribution in [3.05, 3.63) is 77.6 Å². The molecule has 29 heavy (non-hydrogen) atoms. The van der Waals surface area contributed by atoms with Gasteiger partial charge in [0.05, 0.1) is 12.7 Å². The smallest absolute Gasteiger partial charge is 0.337 e. The Morgan fingerprint density at radius 1 is 0.931 bits per heavy atom. The van der Waals surface area contributed by atoms with E-state index in [1.165, 1.54) is 26.3 Å². The highest BCUT2D eigenvalue weighted by Gasteiger charge is 2.11. The lowest BCUT2D eigenvalue weighted by atomic mass is 10.1. The number of rotatable bonds is 6. The number of nitrogens with one attached hydrogen (secondary N) is 2. The number of hydrogen-bond acceptors (Lipinski definition) is 7. The molecule has 3 aromatic rings. The van der Waals surface area contributed by atoms with Gasteiger partial charge in [0, 0.05) is 23.1 Å². The van der Waals surface area contributed by atoms with Crippen molar-refractivity contribution in [3.63, 3.8) is 0 Å². The second-order valence-corrected chi connectivity index (χ2v) is 6.05. The van der Waals surface area contributed by atoms with Gasteiger partial charge in [0.2, 0.25) is 5.95 Å². The summed E-state index contributed by atoms with van der Waals surface area (Å²) in [6.07, 6.45) is 1.45. The number of amides is 1. The van der Waals surface area contributed by atoms with E-state index >= 15 is 0 Å². The van der Waals surface area contributed by atoms with Crippen LogP contribution in [0.15, 0.2) is 60.8 Å². The van der Waals surface area contributed by atoms with E-state index in [1.54, 1.807) is 48.5 Å². The average molecular weight is 390 g/mol. The first-order valence-corrected chi connectivity index (χ1v) is 8.67. The number of Topliss-reactive ketones (excluding diaryl/α,β-unsaturated/α-hetero) is 1. The second-order valence-electron chi connectivity index (χ2n) is 6.05. The van der Waals surface area contributed by atoms with Crippen LogP contribution in [0.2, 0.25) is 0 Å². The summed E-state index contributed by atoms with van der Waals surface area (Å²) in [5.74, 6) is -0.731. The van der Waals surface area contributed by atoms with Crippen molar-refractivity contribution < 1.29 is 19.1 Å². The van der Waals surface area contributed by atoms with Crippen LogP contribution >= 0.6 is 0 Å². The second kappa shape index (κ2) is 8.75. The van der Waals surface area contributed by atoms with E-state index in [0.29, 0.717) is 22.5 Å². The fourth-order valence-corrected chi connectivity index (χ4v) is 2.50. The highest BCUT2D eigenvalue weighted by Crippen LogP contribution is 2.16. The predicted octanol–water partition coefficient (Wildman–Crippen LogP) is 3.46. The summed E-state index contributed by atoms with van der Waals surface area (Å²) < 4.78 is 4.70. The Morgan fingerprint density at radius 2 is 1.69 bits per heavy atom. The maximum absolute atomic E-state index is 12.5. The molecule has 8 nitrogen and oxygen atoms in total. The number of nitrogens with zero attached hydrogens (tertiary/aromatic N) is 2. The van der Waals surface area contributed by atoms with Gasteiger partial charge in [-0.1, -0.05) is 6.07 Å². The minimum atomic E-state index is -0.460. The topological polar surface area (TPSA) is 110 Å². The highest BCUT2D eigenvalue weighted by atomic mass is 16.5. The van der Waals surface area contributed by atoms with Crippen LogP contribution in [0.5, 0.6) is 0 Å². The molecule has 146 valence electrons. The van der Waals surface area contributed by atoms with Gasteiger partial charge in [0.1, 0.15) is 5.69 Å². The average Bonchev–Trinajstić information content (AvgIpc) is 2.74. The molecule has 0 radical (unpaired) electrons.